The number of hydrogen-bond acceptors (Lipinski definition) is 3. The molecule has 2 rings (SSSR count). The minimum Gasteiger partial charge on any atom is -0.355 e. The minimum atomic E-state index is 0.0256. The van der Waals surface area contributed by atoms with E-state index in [1.54, 1.807) is 0 Å². The van der Waals surface area contributed by atoms with Gasteiger partial charge in [-0.3, -0.25) is 4.79 Å². The molecule has 0 radical (unpaired) electrons. The van der Waals surface area contributed by atoms with Crippen LogP contribution in [0.5, 0.6) is 0 Å². The standard InChI is InChI=1S/C13H18N4O/c1-10-16-11-4-2-3-5-12(11)17(10)9-6-13(18)15-8-7-14/h2-5H,6-9,14H2,1H3,(H,15,18). The van der Waals surface area contributed by atoms with Gasteiger partial charge in [-0.25, -0.2) is 4.98 Å². The normalized spacial score (nSPS) is 10.8. The Kier molecular flexibility index (Phi) is 3.94. The number of nitrogens with zero attached hydrogens (tertiary/aromatic N) is 2. The molecule has 0 aliphatic carbocycles. The lowest BCUT2D eigenvalue weighted by molar-refractivity contribution is -0.121. The summed E-state index contributed by atoms with van der Waals surface area (Å²) in [5.74, 6) is 0.959. The maximum Gasteiger partial charge on any atom is 0.221 e. The second-order valence-corrected chi connectivity index (χ2v) is 4.19. The van der Waals surface area contributed by atoms with Gasteiger partial charge in [0.15, 0.2) is 0 Å². The second kappa shape index (κ2) is 5.64. The summed E-state index contributed by atoms with van der Waals surface area (Å²) in [4.78, 5) is 16.0. The van der Waals surface area contributed by atoms with Gasteiger partial charge in [0.1, 0.15) is 5.82 Å². The maximum atomic E-state index is 11.5. The summed E-state index contributed by atoms with van der Waals surface area (Å²) >= 11 is 0. The molecule has 1 aromatic heterocycles. The Labute approximate surface area is 106 Å². The third kappa shape index (κ3) is 2.68. The maximum absolute atomic E-state index is 11.5. The molecule has 3 N–H and O–H groups in total. The number of carbonyl (C=O) groups excluding carboxylic acids is 1. The van der Waals surface area contributed by atoms with Crippen molar-refractivity contribution in [2.45, 2.75) is 19.9 Å². The fourth-order valence-electron chi connectivity index (χ4n) is 1.99. The third-order valence-electron chi connectivity index (χ3n) is 2.87. The van der Waals surface area contributed by atoms with E-state index in [1.165, 1.54) is 0 Å². The van der Waals surface area contributed by atoms with Crippen LogP contribution in [0.2, 0.25) is 0 Å². The zero-order valence-electron chi connectivity index (χ0n) is 10.5. The molecule has 0 fully saturated rings. The highest BCUT2D eigenvalue weighted by atomic mass is 16.1. The minimum absolute atomic E-state index is 0.0256. The first-order valence-corrected chi connectivity index (χ1v) is 6.11. The molecule has 1 amide bonds. The molecule has 0 saturated heterocycles. The van der Waals surface area contributed by atoms with Crippen molar-refractivity contribution in [1.82, 2.24) is 14.9 Å². The first kappa shape index (κ1) is 12.6. The van der Waals surface area contributed by atoms with E-state index in [9.17, 15) is 4.79 Å². The van der Waals surface area contributed by atoms with Gasteiger partial charge in [-0.2, -0.15) is 0 Å². The van der Waals surface area contributed by atoms with Gasteiger partial charge in [0.25, 0.3) is 0 Å². The number of aryl methyl sites for hydroxylation is 2. The molecule has 2 aromatic rings. The number of hydrogen-bond donors (Lipinski definition) is 2. The number of nitrogens with one attached hydrogen (secondary N) is 1. The van der Waals surface area contributed by atoms with Crippen LogP contribution < -0.4 is 11.1 Å². The van der Waals surface area contributed by atoms with Gasteiger partial charge < -0.3 is 15.6 Å². The molecule has 1 heterocycles. The zero-order chi connectivity index (χ0) is 13.0. The Bertz CT molecular complexity index is 547. The van der Waals surface area contributed by atoms with Crippen LogP contribution in [0.15, 0.2) is 24.3 Å². The summed E-state index contributed by atoms with van der Waals surface area (Å²) in [5.41, 5.74) is 7.38. The summed E-state index contributed by atoms with van der Waals surface area (Å²) in [6, 6.07) is 7.95. The number of carbonyl (C=O) groups is 1. The largest absolute Gasteiger partial charge is 0.355 e. The summed E-state index contributed by atoms with van der Waals surface area (Å²) < 4.78 is 2.07. The van der Waals surface area contributed by atoms with E-state index >= 15 is 0 Å². The smallest absolute Gasteiger partial charge is 0.221 e. The average Bonchev–Trinajstić information content (AvgIpc) is 2.69. The number of fused-ring (bicyclic) bond motifs is 1. The number of rotatable bonds is 5. The average molecular weight is 246 g/mol. The highest BCUT2D eigenvalue weighted by molar-refractivity contribution is 5.77. The molecule has 5 nitrogen and oxygen atoms in total. The van der Waals surface area contributed by atoms with Crippen LogP contribution in [0, 0.1) is 6.92 Å². The van der Waals surface area contributed by atoms with E-state index < -0.39 is 0 Å². The molecule has 18 heavy (non-hydrogen) atoms. The van der Waals surface area contributed by atoms with Crippen molar-refractivity contribution in [1.29, 1.82) is 0 Å². The first-order valence-electron chi connectivity index (χ1n) is 6.11. The molecular weight excluding hydrogens is 228 g/mol. The fourth-order valence-corrected chi connectivity index (χ4v) is 1.99. The van der Waals surface area contributed by atoms with Crippen molar-refractivity contribution in [3.8, 4) is 0 Å². The molecule has 0 saturated carbocycles. The first-order chi connectivity index (χ1) is 8.72. The fraction of sp³-hybridized carbons (Fsp3) is 0.385. The van der Waals surface area contributed by atoms with Gasteiger partial charge in [0.2, 0.25) is 5.91 Å². The summed E-state index contributed by atoms with van der Waals surface area (Å²) in [5, 5.41) is 2.76. The van der Waals surface area contributed by atoms with Crippen molar-refractivity contribution in [3.05, 3.63) is 30.1 Å². The molecule has 96 valence electrons. The van der Waals surface area contributed by atoms with Crippen LogP contribution in [0.25, 0.3) is 11.0 Å². The molecule has 0 spiro atoms. The highest BCUT2D eigenvalue weighted by Gasteiger charge is 2.08. The molecule has 0 unspecified atom stereocenters. The lowest BCUT2D eigenvalue weighted by Crippen LogP contribution is -2.29. The number of para-hydroxylation sites is 2. The van der Waals surface area contributed by atoms with E-state index in [1.807, 2.05) is 31.2 Å². The van der Waals surface area contributed by atoms with Gasteiger partial charge in [-0.1, -0.05) is 12.1 Å². The number of imidazole rings is 1. The highest BCUT2D eigenvalue weighted by Crippen LogP contribution is 2.15. The summed E-state index contributed by atoms with van der Waals surface area (Å²) in [6.45, 7) is 3.60. The Hall–Kier alpha value is -1.88. The van der Waals surface area contributed by atoms with E-state index in [4.69, 9.17) is 5.73 Å². The number of nitrogens with two attached hydrogens (primary N) is 1. The third-order valence-corrected chi connectivity index (χ3v) is 2.87. The van der Waals surface area contributed by atoms with E-state index in [2.05, 4.69) is 14.9 Å². The van der Waals surface area contributed by atoms with Gasteiger partial charge in [-0.15, -0.1) is 0 Å². The predicted octanol–water partition coefficient (Wildman–Crippen LogP) is 0.810. The Morgan fingerprint density at radius 2 is 2.22 bits per heavy atom. The Morgan fingerprint density at radius 3 is 3.00 bits per heavy atom. The van der Waals surface area contributed by atoms with E-state index in [-0.39, 0.29) is 5.91 Å². The monoisotopic (exact) mass is 246 g/mol. The molecular formula is C13H18N4O. The van der Waals surface area contributed by atoms with Crippen molar-refractivity contribution < 1.29 is 4.79 Å². The van der Waals surface area contributed by atoms with Gasteiger partial charge in [-0.05, 0) is 19.1 Å². The van der Waals surface area contributed by atoms with Crippen molar-refractivity contribution in [2.24, 2.45) is 5.73 Å². The number of aromatic nitrogens is 2. The van der Waals surface area contributed by atoms with Crippen LogP contribution >= 0.6 is 0 Å². The molecule has 0 aliphatic heterocycles. The Balaban J connectivity index is 2.07. The van der Waals surface area contributed by atoms with E-state index in [0.29, 0.717) is 26.1 Å². The lowest BCUT2D eigenvalue weighted by Gasteiger charge is -2.07. The van der Waals surface area contributed by atoms with Gasteiger partial charge >= 0.3 is 0 Å². The number of benzene rings is 1. The Morgan fingerprint density at radius 1 is 1.44 bits per heavy atom. The van der Waals surface area contributed by atoms with Crippen molar-refractivity contribution in [2.75, 3.05) is 13.1 Å². The number of amides is 1. The molecule has 0 aliphatic rings. The molecule has 0 atom stereocenters. The zero-order valence-corrected chi connectivity index (χ0v) is 10.5. The van der Waals surface area contributed by atoms with Crippen LogP contribution in [-0.4, -0.2) is 28.5 Å². The van der Waals surface area contributed by atoms with Crippen LogP contribution in [0.3, 0.4) is 0 Å². The van der Waals surface area contributed by atoms with E-state index in [0.717, 1.165) is 16.9 Å². The topological polar surface area (TPSA) is 72.9 Å². The predicted molar refractivity (Wildman–Crippen MR) is 71.2 cm³/mol. The van der Waals surface area contributed by atoms with Crippen LogP contribution in [-0.2, 0) is 11.3 Å². The van der Waals surface area contributed by atoms with Crippen molar-refractivity contribution in [3.63, 3.8) is 0 Å². The molecule has 0 bridgehead atoms. The molecule has 5 heteroatoms. The second-order valence-electron chi connectivity index (χ2n) is 4.19. The van der Waals surface area contributed by atoms with Crippen LogP contribution in [0.4, 0.5) is 0 Å². The lowest BCUT2D eigenvalue weighted by atomic mass is 10.3. The molecule has 1 aromatic carbocycles. The SMILES string of the molecule is Cc1nc2ccccc2n1CCC(=O)NCCN. The quantitative estimate of drug-likeness (QED) is 0.820. The summed E-state index contributed by atoms with van der Waals surface area (Å²) in [7, 11) is 0. The van der Waals surface area contributed by atoms with Crippen molar-refractivity contribution >= 4 is 16.9 Å². The van der Waals surface area contributed by atoms with Gasteiger partial charge in [0.05, 0.1) is 11.0 Å². The van der Waals surface area contributed by atoms with Gasteiger partial charge in [0, 0.05) is 26.1 Å². The van der Waals surface area contributed by atoms with Crippen LogP contribution in [0.1, 0.15) is 12.2 Å². The summed E-state index contributed by atoms with van der Waals surface area (Å²) in [6.07, 6.45) is 0.446.